The van der Waals surface area contributed by atoms with Gasteiger partial charge in [-0.05, 0) is 35.9 Å². The van der Waals surface area contributed by atoms with E-state index in [1.807, 2.05) is 24.3 Å². The van der Waals surface area contributed by atoms with Crippen LogP contribution in [0.2, 0.25) is 5.02 Å². The van der Waals surface area contributed by atoms with Crippen molar-refractivity contribution in [3.8, 4) is 0 Å². The van der Waals surface area contributed by atoms with Crippen LogP contribution in [0, 0.1) is 5.82 Å². The Morgan fingerprint density at radius 2 is 2.08 bits per heavy atom. The van der Waals surface area contributed by atoms with E-state index in [1.54, 1.807) is 6.07 Å². The molecule has 0 amide bonds. The van der Waals surface area contributed by atoms with Crippen LogP contribution in [-0.4, -0.2) is 29.7 Å². The SMILES string of the molecule is Fc1ccc2ncnc(N3CCOC(c4cccc(Cl)c4)C3)c2c1. The molecule has 1 unspecified atom stereocenters. The van der Waals surface area contributed by atoms with E-state index in [9.17, 15) is 4.39 Å². The molecule has 1 aliphatic heterocycles. The molecule has 3 aromatic rings. The zero-order valence-electron chi connectivity index (χ0n) is 12.8. The highest BCUT2D eigenvalue weighted by Gasteiger charge is 2.24. The molecule has 0 spiro atoms. The number of fused-ring (bicyclic) bond motifs is 1. The Balaban J connectivity index is 1.68. The van der Waals surface area contributed by atoms with Crippen LogP contribution in [0.4, 0.5) is 10.2 Å². The molecule has 6 heteroatoms. The van der Waals surface area contributed by atoms with Gasteiger partial charge in [0.15, 0.2) is 0 Å². The summed E-state index contributed by atoms with van der Waals surface area (Å²) in [5.74, 6) is 0.438. The monoisotopic (exact) mass is 343 g/mol. The number of hydrogen-bond acceptors (Lipinski definition) is 4. The first-order valence-electron chi connectivity index (χ1n) is 7.73. The summed E-state index contributed by atoms with van der Waals surface area (Å²) < 4.78 is 19.5. The van der Waals surface area contributed by atoms with Crippen LogP contribution in [0.15, 0.2) is 48.8 Å². The predicted octanol–water partition coefficient (Wildman–Crippen LogP) is 4.00. The average Bonchev–Trinajstić information content (AvgIpc) is 2.61. The van der Waals surface area contributed by atoms with Crippen molar-refractivity contribution in [2.24, 2.45) is 0 Å². The van der Waals surface area contributed by atoms with Gasteiger partial charge in [-0.15, -0.1) is 0 Å². The summed E-state index contributed by atoms with van der Waals surface area (Å²) in [6, 6.07) is 12.2. The van der Waals surface area contributed by atoms with Gasteiger partial charge in [0, 0.05) is 23.5 Å². The van der Waals surface area contributed by atoms with E-state index in [2.05, 4.69) is 14.9 Å². The molecule has 1 atom stereocenters. The molecule has 0 aliphatic carbocycles. The zero-order valence-corrected chi connectivity index (χ0v) is 13.6. The Bertz CT molecular complexity index is 889. The Labute approximate surface area is 143 Å². The second kappa shape index (κ2) is 6.34. The van der Waals surface area contributed by atoms with E-state index in [-0.39, 0.29) is 11.9 Å². The summed E-state index contributed by atoms with van der Waals surface area (Å²) >= 11 is 6.08. The molecule has 24 heavy (non-hydrogen) atoms. The van der Waals surface area contributed by atoms with Crippen LogP contribution in [-0.2, 0) is 4.74 Å². The molecule has 1 aliphatic rings. The molecular formula is C18H15ClFN3O. The third-order valence-electron chi connectivity index (χ3n) is 4.16. The molecule has 0 bridgehead atoms. The van der Waals surface area contributed by atoms with Gasteiger partial charge in [-0.3, -0.25) is 0 Å². The highest BCUT2D eigenvalue weighted by Crippen LogP contribution is 2.30. The van der Waals surface area contributed by atoms with E-state index in [4.69, 9.17) is 16.3 Å². The third kappa shape index (κ3) is 2.92. The lowest BCUT2D eigenvalue weighted by Crippen LogP contribution is -2.39. The van der Waals surface area contributed by atoms with Gasteiger partial charge >= 0.3 is 0 Å². The van der Waals surface area contributed by atoms with Crippen molar-refractivity contribution in [1.82, 2.24) is 9.97 Å². The van der Waals surface area contributed by atoms with E-state index in [0.29, 0.717) is 30.1 Å². The van der Waals surface area contributed by atoms with Gasteiger partial charge in [-0.1, -0.05) is 23.7 Å². The number of rotatable bonds is 2. The molecule has 0 saturated carbocycles. The van der Waals surface area contributed by atoms with Gasteiger partial charge in [0.2, 0.25) is 0 Å². The van der Waals surface area contributed by atoms with Crippen molar-refractivity contribution < 1.29 is 9.13 Å². The largest absolute Gasteiger partial charge is 0.370 e. The number of aromatic nitrogens is 2. The minimum atomic E-state index is -0.293. The first-order valence-corrected chi connectivity index (χ1v) is 8.11. The highest BCUT2D eigenvalue weighted by molar-refractivity contribution is 6.30. The summed E-state index contributed by atoms with van der Waals surface area (Å²) in [6.07, 6.45) is 1.41. The van der Waals surface area contributed by atoms with Gasteiger partial charge < -0.3 is 9.64 Å². The first kappa shape index (κ1) is 15.3. The van der Waals surface area contributed by atoms with Crippen LogP contribution in [0.25, 0.3) is 10.9 Å². The topological polar surface area (TPSA) is 38.2 Å². The molecule has 1 aromatic heterocycles. The molecule has 1 saturated heterocycles. The Kier molecular flexibility index (Phi) is 4.04. The molecule has 4 nitrogen and oxygen atoms in total. The summed E-state index contributed by atoms with van der Waals surface area (Å²) in [5.41, 5.74) is 1.75. The Morgan fingerprint density at radius 1 is 1.17 bits per heavy atom. The van der Waals surface area contributed by atoms with Crippen molar-refractivity contribution in [3.05, 3.63) is 65.2 Å². The van der Waals surface area contributed by atoms with Crippen LogP contribution in [0.5, 0.6) is 0 Å². The van der Waals surface area contributed by atoms with Crippen LogP contribution in [0.3, 0.4) is 0 Å². The molecule has 2 heterocycles. The van der Waals surface area contributed by atoms with E-state index >= 15 is 0 Å². The smallest absolute Gasteiger partial charge is 0.140 e. The quantitative estimate of drug-likeness (QED) is 0.705. The second-order valence-corrected chi connectivity index (χ2v) is 6.16. The molecular weight excluding hydrogens is 329 g/mol. The number of halogens is 2. The molecule has 1 fully saturated rings. The Hall–Kier alpha value is -2.24. The second-order valence-electron chi connectivity index (χ2n) is 5.72. The summed E-state index contributed by atoms with van der Waals surface area (Å²) in [6.45, 7) is 1.89. The molecule has 0 radical (unpaired) electrons. The summed E-state index contributed by atoms with van der Waals surface area (Å²) in [7, 11) is 0. The van der Waals surface area contributed by atoms with Crippen LogP contribution in [0.1, 0.15) is 11.7 Å². The van der Waals surface area contributed by atoms with Gasteiger partial charge in [0.1, 0.15) is 24.1 Å². The lowest BCUT2D eigenvalue weighted by molar-refractivity contribution is 0.0396. The number of hydrogen-bond donors (Lipinski definition) is 0. The predicted molar refractivity (Wildman–Crippen MR) is 91.9 cm³/mol. The minimum Gasteiger partial charge on any atom is -0.370 e. The van der Waals surface area contributed by atoms with E-state index < -0.39 is 0 Å². The fourth-order valence-electron chi connectivity index (χ4n) is 3.02. The maximum absolute atomic E-state index is 13.7. The summed E-state index contributed by atoms with van der Waals surface area (Å²) in [5, 5.41) is 1.40. The number of morpholine rings is 1. The standard InChI is InChI=1S/C18H15ClFN3O/c19-13-3-1-2-12(8-13)17-10-23(6-7-24-17)18-15-9-14(20)4-5-16(15)21-11-22-18/h1-5,8-9,11,17H,6-7,10H2. The van der Waals surface area contributed by atoms with Crippen molar-refractivity contribution in [2.45, 2.75) is 6.10 Å². The first-order chi connectivity index (χ1) is 11.7. The minimum absolute atomic E-state index is 0.101. The number of ether oxygens (including phenoxy) is 1. The lowest BCUT2D eigenvalue weighted by atomic mass is 10.1. The third-order valence-corrected chi connectivity index (χ3v) is 4.40. The van der Waals surface area contributed by atoms with Gasteiger partial charge in [0.25, 0.3) is 0 Å². The fraction of sp³-hybridized carbons (Fsp3) is 0.222. The van der Waals surface area contributed by atoms with Crippen molar-refractivity contribution in [1.29, 1.82) is 0 Å². The van der Waals surface area contributed by atoms with Crippen molar-refractivity contribution in [3.63, 3.8) is 0 Å². The molecule has 2 aromatic carbocycles. The van der Waals surface area contributed by atoms with Gasteiger partial charge in [-0.25, -0.2) is 14.4 Å². The number of nitrogens with zero attached hydrogens (tertiary/aromatic N) is 3. The molecule has 122 valence electrons. The normalized spacial score (nSPS) is 18.1. The number of benzene rings is 2. The maximum Gasteiger partial charge on any atom is 0.140 e. The molecule has 4 rings (SSSR count). The van der Waals surface area contributed by atoms with Crippen molar-refractivity contribution >= 4 is 28.3 Å². The van der Waals surface area contributed by atoms with Gasteiger partial charge in [0.05, 0.1) is 12.1 Å². The number of anilines is 1. The summed E-state index contributed by atoms with van der Waals surface area (Å²) in [4.78, 5) is 10.7. The maximum atomic E-state index is 13.7. The van der Waals surface area contributed by atoms with E-state index in [0.717, 1.165) is 16.9 Å². The highest BCUT2D eigenvalue weighted by atomic mass is 35.5. The Morgan fingerprint density at radius 3 is 2.96 bits per heavy atom. The van der Waals surface area contributed by atoms with Gasteiger partial charge in [-0.2, -0.15) is 0 Å². The van der Waals surface area contributed by atoms with Crippen LogP contribution < -0.4 is 4.90 Å². The lowest BCUT2D eigenvalue weighted by Gasteiger charge is -2.34. The molecule has 0 N–H and O–H groups in total. The fourth-order valence-corrected chi connectivity index (χ4v) is 3.22. The van der Waals surface area contributed by atoms with Crippen molar-refractivity contribution in [2.75, 3.05) is 24.6 Å². The van der Waals surface area contributed by atoms with E-state index in [1.165, 1.54) is 18.5 Å². The zero-order chi connectivity index (χ0) is 16.5. The van der Waals surface area contributed by atoms with Crippen LogP contribution >= 0.6 is 11.6 Å². The average molecular weight is 344 g/mol.